The minimum Gasteiger partial charge on any atom is -0.221 e. The van der Waals surface area contributed by atoms with E-state index < -0.39 is 10.0 Å². The third-order valence-corrected chi connectivity index (χ3v) is 6.74. The van der Waals surface area contributed by atoms with Crippen molar-refractivity contribution < 1.29 is 8.42 Å². The number of aryl methyl sites for hydroxylation is 2. The second-order valence-corrected chi connectivity index (χ2v) is 9.09. The van der Waals surface area contributed by atoms with Gasteiger partial charge >= 0.3 is 0 Å². The Bertz CT molecular complexity index is 989. The van der Waals surface area contributed by atoms with Crippen molar-refractivity contribution in [2.45, 2.75) is 42.9 Å². The van der Waals surface area contributed by atoms with Gasteiger partial charge in [0.15, 0.2) is 0 Å². The van der Waals surface area contributed by atoms with Crippen LogP contribution in [0.1, 0.15) is 30.5 Å². The van der Waals surface area contributed by atoms with Gasteiger partial charge in [-0.3, -0.25) is 0 Å². The summed E-state index contributed by atoms with van der Waals surface area (Å²) in [5, 5.41) is 12.4. The maximum Gasteiger partial charge on any atom is 0.241 e. The fraction of sp³-hybridized carbons (Fsp3) is 0.316. The molecule has 0 saturated heterocycles. The largest absolute Gasteiger partial charge is 0.241 e. The van der Waals surface area contributed by atoms with Gasteiger partial charge in [-0.2, -0.15) is 0 Å². The smallest absolute Gasteiger partial charge is 0.221 e. The van der Waals surface area contributed by atoms with Gasteiger partial charge in [-0.25, -0.2) is 17.8 Å². The first kappa shape index (κ1) is 20.5. The molecule has 1 N–H and O–H groups in total. The van der Waals surface area contributed by atoms with Gasteiger partial charge in [0.25, 0.3) is 0 Å². The number of hydrogen-bond donors (Lipinski definition) is 1. The molecule has 9 heteroatoms. The zero-order chi connectivity index (χ0) is 20.0. The number of tetrazole rings is 1. The SMILES string of the molecule is CCn1nnnc1SCCC(NS(=O)(=O)c1ccc(C)cc1)c1ccccc1. The van der Waals surface area contributed by atoms with Gasteiger partial charge in [-0.15, -0.1) is 5.10 Å². The van der Waals surface area contributed by atoms with Crippen LogP contribution in [-0.2, 0) is 16.6 Å². The number of sulfonamides is 1. The topological polar surface area (TPSA) is 89.8 Å². The minimum atomic E-state index is -3.63. The summed E-state index contributed by atoms with van der Waals surface area (Å²) < 4.78 is 30.3. The van der Waals surface area contributed by atoms with Gasteiger partial charge in [0.2, 0.25) is 15.2 Å². The molecule has 148 valence electrons. The molecule has 1 heterocycles. The van der Waals surface area contributed by atoms with Crippen LogP contribution in [0.5, 0.6) is 0 Å². The van der Waals surface area contributed by atoms with E-state index in [-0.39, 0.29) is 10.9 Å². The summed E-state index contributed by atoms with van der Waals surface area (Å²) in [6.07, 6.45) is 0.607. The molecule has 2 aromatic carbocycles. The van der Waals surface area contributed by atoms with E-state index in [1.54, 1.807) is 28.9 Å². The highest BCUT2D eigenvalue weighted by molar-refractivity contribution is 7.99. The molecular formula is C19H23N5O2S2. The summed E-state index contributed by atoms with van der Waals surface area (Å²) in [7, 11) is -3.63. The lowest BCUT2D eigenvalue weighted by Crippen LogP contribution is -2.29. The summed E-state index contributed by atoms with van der Waals surface area (Å²) in [6.45, 7) is 4.60. The standard InChI is InChI=1S/C19H23N5O2S2/c1-3-24-19(20-22-23-24)27-14-13-18(16-7-5-4-6-8-16)21-28(25,26)17-11-9-15(2)10-12-17/h4-12,18,21H,3,13-14H2,1-2H3. The van der Waals surface area contributed by atoms with E-state index in [1.165, 1.54) is 11.8 Å². The molecule has 0 aliphatic heterocycles. The second-order valence-electron chi connectivity index (χ2n) is 6.31. The normalized spacial score (nSPS) is 12.8. The van der Waals surface area contributed by atoms with Crippen LogP contribution in [0.25, 0.3) is 0 Å². The monoisotopic (exact) mass is 417 g/mol. The lowest BCUT2D eigenvalue weighted by Gasteiger charge is -2.19. The van der Waals surface area contributed by atoms with E-state index in [2.05, 4.69) is 20.2 Å². The molecule has 3 rings (SSSR count). The molecule has 0 radical (unpaired) electrons. The summed E-state index contributed by atoms with van der Waals surface area (Å²) >= 11 is 1.52. The third kappa shape index (κ3) is 5.18. The Morgan fingerprint density at radius 2 is 1.82 bits per heavy atom. The van der Waals surface area contributed by atoms with Crippen molar-refractivity contribution in [2.24, 2.45) is 0 Å². The van der Waals surface area contributed by atoms with E-state index in [0.29, 0.717) is 18.7 Å². The van der Waals surface area contributed by atoms with Gasteiger partial charge in [-0.05, 0) is 48.4 Å². The quantitative estimate of drug-likeness (QED) is 0.538. The van der Waals surface area contributed by atoms with Crippen molar-refractivity contribution in [1.82, 2.24) is 24.9 Å². The van der Waals surface area contributed by atoms with Crippen molar-refractivity contribution in [3.63, 3.8) is 0 Å². The minimum absolute atomic E-state index is 0.265. The van der Waals surface area contributed by atoms with Crippen LogP contribution < -0.4 is 4.72 Å². The van der Waals surface area contributed by atoms with Gasteiger partial charge in [0.05, 0.1) is 4.90 Å². The molecule has 7 nitrogen and oxygen atoms in total. The Hall–Kier alpha value is -2.23. The summed E-state index contributed by atoms with van der Waals surface area (Å²) in [6, 6.07) is 16.1. The van der Waals surface area contributed by atoms with Crippen molar-refractivity contribution in [3.05, 3.63) is 65.7 Å². The van der Waals surface area contributed by atoms with Crippen molar-refractivity contribution in [3.8, 4) is 0 Å². The lowest BCUT2D eigenvalue weighted by atomic mass is 10.1. The molecular weight excluding hydrogens is 394 g/mol. The first-order valence-electron chi connectivity index (χ1n) is 9.02. The van der Waals surface area contributed by atoms with Gasteiger partial charge in [0.1, 0.15) is 0 Å². The number of nitrogens with one attached hydrogen (secondary N) is 1. The van der Waals surface area contributed by atoms with E-state index in [1.807, 2.05) is 44.2 Å². The average Bonchev–Trinajstić information content (AvgIpc) is 3.15. The molecule has 1 aromatic heterocycles. The molecule has 0 aliphatic carbocycles. The molecule has 3 aromatic rings. The fourth-order valence-corrected chi connectivity index (χ4v) is 4.92. The van der Waals surface area contributed by atoms with Gasteiger partial charge in [-0.1, -0.05) is 59.8 Å². The Morgan fingerprint density at radius 1 is 1.11 bits per heavy atom. The molecule has 1 unspecified atom stereocenters. The van der Waals surface area contributed by atoms with E-state index >= 15 is 0 Å². The molecule has 0 saturated carbocycles. The molecule has 0 amide bonds. The van der Waals surface area contributed by atoms with Gasteiger partial charge < -0.3 is 0 Å². The zero-order valence-corrected chi connectivity index (χ0v) is 17.4. The Morgan fingerprint density at radius 3 is 2.50 bits per heavy atom. The van der Waals surface area contributed by atoms with E-state index in [9.17, 15) is 8.42 Å². The Labute approximate surface area is 169 Å². The maximum absolute atomic E-state index is 12.9. The number of thioether (sulfide) groups is 1. The average molecular weight is 418 g/mol. The Balaban J connectivity index is 1.75. The number of rotatable bonds is 9. The zero-order valence-electron chi connectivity index (χ0n) is 15.8. The summed E-state index contributed by atoms with van der Waals surface area (Å²) in [5.41, 5.74) is 1.94. The molecule has 0 spiro atoms. The maximum atomic E-state index is 12.9. The van der Waals surface area contributed by atoms with Crippen LogP contribution >= 0.6 is 11.8 Å². The van der Waals surface area contributed by atoms with Crippen molar-refractivity contribution in [1.29, 1.82) is 0 Å². The van der Waals surface area contributed by atoms with Crippen LogP contribution in [-0.4, -0.2) is 34.4 Å². The fourth-order valence-electron chi connectivity index (χ4n) is 2.72. The highest BCUT2D eigenvalue weighted by Crippen LogP contribution is 2.24. The lowest BCUT2D eigenvalue weighted by molar-refractivity contribution is 0.550. The molecule has 0 fully saturated rings. The van der Waals surface area contributed by atoms with Crippen LogP contribution in [0.3, 0.4) is 0 Å². The van der Waals surface area contributed by atoms with Crippen LogP contribution in [0.15, 0.2) is 64.6 Å². The van der Waals surface area contributed by atoms with Crippen LogP contribution in [0.4, 0.5) is 0 Å². The van der Waals surface area contributed by atoms with Gasteiger partial charge in [0, 0.05) is 18.3 Å². The Kier molecular flexibility index (Phi) is 6.82. The number of nitrogens with zero attached hydrogens (tertiary/aromatic N) is 4. The summed E-state index contributed by atoms with van der Waals surface area (Å²) in [4.78, 5) is 0.265. The molecule has 28 heavy (non-hydrogen) atoms. The number of benzene rings is 2. The van der Waals surface area contributed by atoms with Crippen molar-refractivity contribution >= 4 is 21.8 Å². The highest BCUT2D eigenvalue weighted by Gasteiger charge is 2.21. The van der Waals surface area contributed by atoms with Crippen LogP contribution in [0.2, 0.25) is 0 Å². The van der Waals surface area contributed by atoms with E-state index in [4.69, 9.17) is 0 Å². The van der Waals surface area contributed by atoms with Crippen molar-refractivity contribution in [2.75, 3.05) is 5.75 Å². The van der Waals surface area contributed by atoms with Crippen LogP contribution in [0, 0.1) is 6.92 Å². The molecule has 0 aliphatic rings. The predicted molar refractivity (Wildman–Crippen MR) is 110 cm³/mol. The first-order valence-corrected chi connectivity index (χ1v) is 11.5. The number of hydrogen-bond acceptors (Lipinski definition) is 6. The highest BCUT2D eigenvalue weighted by atomic mass is 32.2. The third-order valence-electron chi connectivity index (χ3n) is 4.27. The summed E-state index contributed by atoms with van der Waals surface area (Å²) in [5.74, 6) is 0.677. The molecule has 1 atom stereocenters. The first-order chi connectivity index (χ1) is 13.5. The second kappa shape index (κ2) is 9.31. The predicted octanol–water partition coefficient (Wildman–Crippen LogP) is 3.20. The van der Waals surface area contributed by atoms with E-state index in [0.717, 1.165) is 16.3 Å². The molecule has 0 bridgehead atoms. The number of aromatic nitrogens is 4.